The number of carbonyl (C=O) groups is 2. The maximum atomic E-state index is 12.4. The van der Waals surface area contributed by atoms with E-state index in [1.54, 1.807) is 5.48 Å². The fourth-order valence-electron chi connectivity index (χ4n) is 6.14. The van der Waals surface area contributed by atoms with E-state index < -0.39 is 12.2 Å². The molecule has 9 heteroatoms. The van der Waals surface area contributed by atoms with E-state index in [1.165, 1.54) is 5.56 Å². The van der Waals surface area contributed by atoms with Gasteiger partial charge in [-0.2, -0.15) is 0 Å². The molecule has 4 aromatic carbocycles. The number of aliphatic hydroxyl groups is 1. The summed E-state index contributed by atoms with van der Waals surface area (Å²) in [5.41, 5.74) is 8.70. The third-order valence-corrected chi connectivity index (χ3v) is 9.14. The summed E-state index contributed by atoms with van der Waals surface area (Å²) in [6.07, 6.45) is 1.46. The Morgan fingerprint density at radius 3 is 2.22 bits per heavy atom. The number of rotatable bonds is 15. The predicted octanol–water partition coefficient (Wildman–Crippen LogP) is 6.77. The van der Waals surface area contributed by atoms with Crippen LogP contribution in [-0.4, -0.2) is 46.7 Å². The van der Waals surface area contributed by atoms with Crippen molar-refractivity contribution < 1.29 is 29.4 Å². The van der Waals surface area contributed by atoms with Gasteiger partial charge < -0.3 is 19.9 Å². The zero-order valence-corrected chi connectivity index (χ0v) is 28.3. The first-order valence-electron chi connectivity index (χ1n) is 17.0. The fourth-order valence-corrected chi connectivity index (χ4v) is 6.14. The van der Waals surface area contributed by atoms with Crippen LogP contribution in [0.25, 0.3) is 11.1 Å². The minimum atomic E-state index is -0.576. The van der Waals surface area contributed by atoms with Crippen molar-refractivity contribution in [2.45, 2.75) is 76.7 Å². The van der Waals surface area contributed by atoms with Gasteiger partial charge >= 0.3 is 0 Å². The van der Waals surface area contributed by atoms with E-state index in [2.05, 4.69) is 66.7 Å². The van der Waals surface area contributed by atoms with E-state index in [-0.39, 0.29) is 37.2 Å². The molecule has 1 saturated heterocycles. The molecule has 4 aromatic rings. The van der Waals surface area contributed by atoms with Gasteiger partial charge in [0.1, 0.15) is 0 Å². The van der Waals surface area contributed by atoms with Gasteiger partial charge in [0.05, 0.1) is 18.8 Å². The number of carbonyl (C=O) groups excluding carboxylic acids is 2. The van der Waals surface area contributed by atoms with E-state index >= 15 is 0 Å². The van der Waals surface area contributed by atoms with Gasteiger partial charge in [-0.3, -0.25) is 19.7 Å². The first-order valence-corrected chi connectivity index (χ1v) is 17.0. The Kier molecular flexibility index (Phi) is 13.1. The molecule has 258 valence electrons. The maximum absolute atomic E-state index is 12.4. The van der Waals surface area contributed by atoms with Gasteiger partial charge in [-0.15, -0.1) is 0 Å². The highest BCUT2D eigenvalue weighted by Gasteiger charge is 2.33. The molecule has 4 N–H and O–H groups in total. The summed E-state index contributed by atoms with van der Waals surface area (Å²) < 4.78 is 13.3. The number of benzene rings is 4. The molecule has 0 aromatic heterocycles. The zero-order chi connectivity index (χ0) is 34.6. The van der Waals surface area contributed by atoms with E-state index in [1.807, 2.05) is 60.7 Å². The SMILES string of the molecule is C[C@@H](c1ccccc1)N(C)C[C@H]1C[C@@H](c2ccc(CO)cc2)O[C@@H](c2cccc(-c3cccc(CNC(=O)CCCCC(=O)NO)c3)c2)O1. The summed E-state index contributed by atoms with van der Waals surface area (Å²) in [4.78, 5) is 25.8. The second-order valence-corrected chi connectivity index (χ2v) is 12.7. The summed E-state index contributed by atoms with van der Waals surface area (Å²) in [6.45, 7) is 3.33. The Morgan fingerprint density at radius 2 is 1.51 bits per heavy atom. The summed E-state index contributed by atoms with van der Waals surface area (Å²) in [5.74, 6) is -0.528. The Hall–Kier alpha value is -4.38. The molecule has 1 aliphatic heterocycles. The van der Waals surface area contributed by atoms with Crippen molar-refractivity contribution in [1.82, 2.24) is 15.7 Å². The number of aliphatic hydroxyl groups excluding tert-OH is 1. The highest BCUT2D eigenvalue weighted by Crippen LogP contribution is 2.39. The van der Waals surface area contributed by atoms with Crippen molar-refractivity contribution in [3.8, 4) is 11.1 Å². The molecular weight excluding hydrogens is 618 g/mol. The minimum absolute atomic E-state index is 0.00388. The van der Waals surface area contributed by atoms with Crippen LogP contribution < -0.4 is 10.8 Å². The van der Waals surface area contributed by atoms with Crippen LogP contribution >= 0.6 is 0 Å². The molecule has 0 radical (unpaired) electrons. The minimum Gasteiger partial charge on any atom is -0.392 e. The van der Waals surface area contributed by atoms with Crippen LogP contribution in [0.15, 0.2) is 103 Å². The topological polar surface area (TPSA) is 120 Å². The highest BCUT2D eigenvalue weighted by molar-refractivity contribution is 5.76. The zero-order valence-electron chi connectivity index (χ0n) is 28.3. The number of hydrogen-bond acceptors (Lipinski definition) is 7. The van der Waals surface area contributed by atoms with Crippen LogP contribution in [0.2, 0.25) is 0 Å². The molecule has 9 nitrogen and oxygen atoms in total. The molecule has 5 rings (SSSR count). The number of nitrogens with one attached hydrogen (secondary N) is 2. The highest BCUT2D eigenvalue weighted by atomic mass is 16.7. The molecule has 4 atom stereocenters. The number of ether oxygens (including phenoxy) is 2. The van der Waals surface area contributed by atoms with Crippen LogP contribution in [0.4, 0.5) is 0 Å². The Labute approximate surface area is 288 Å². The number of amides is 2. The van der Waals surface area contributed by atoms with Gasteiger partial charge in [0.15, 0.2) is 6.29 Å². The third kappa shape index (κ3) is 10.3. The lowest BCUT2D eigenvalue weighted by atomic mass is 9.98. The van der Waals surface area contributed by atoms with Crippen molar-refractivity contribution in [2.75, 3.05) is 13.6 Å². The van der Waals surface area contributed by atoms with Crippen molar-refractivity contribution in [3.05, 3.63) is 131 Å². The first kappa shape index (κ1) is 35.9. The maximum Gasteiger partial charge on any atom is 0.243 e. The Balaban J connectivity index is 1.28. The van der Waals surface area contributed by atoms with Crippen LogP contribution in [0, 0.1) is 0 Å². The normalized spacial score (nSPS) is 18.2. The number of hydroxylamine groups is 1. The molecule has 49 heavy (non-hydrogen) atoms. The molecule has 0 unspecified atom stereocenters. The number of likely N-dealkylation sites (N-methyl/N-ethyl adjacent to an activating group) is 1. The van der Waals surface area contributed by atoms with E-state index in [0.717, 1.165) is 39.9 Å². The molecule has 1 fully saturated rings. The largest absolute Gasteiger partial charge is 0.392 e. The van der Waals surface area contributed by atoms with E-state index in [4.69, 9.17) is 14.7 Å². The van der Waals surface area contributed by atoms with Crippen molar-refractivity contribution in [3.63, 3.8) is 0 Å². The average molecular weight is 666 g/mol. The summed E-state index contributed by atoms with van der Waals surface area (Å²) in [7, 11) is 2.13. The molecule has 2 amide bonds. The van der Waals surface area contributed by atoms with Crippen LogP contribution in [0.1, 0.15) is 85.3 Å². The molecular formula is C40H47N3O6. The molecule has 1 aliphatic rings. The van der Waals surface area contributed by atoms with Crippen molar-refractivity contribution >= 4 is 11.8 Å². The van der Waals surface area contributed by atoms with Crippen LogP contribution in [0.5, 0.6) is 0 Å². The lowest BCUT2D eigenvalue weighted by Crippen LogP contribution is -2.38. The molecule has 0 aliphatic carbocycles. The monoisotopic (exact) mass is 665 g/mol. The van der Waals surface area contributed by atoms with E-state index in [9.17, 15) is 14.7 Å². The van der Waals surface area contributed by atoms with Gasteiger partial charge in [-0.25, -0.2) is 5.48 Å². The van der Waals surface area contributed by atoms with Crippen molar-refractivity contribution in [1.29, 1.82) is 0 Å². The fraction of sp³-hybridized carbons (Fsp3) is 0.350. The molecule has 0 saturated carbocycles. The van der Waals surface area contributed by atoms with Gasteiger partial charge in [-0.1, -0.05) is 91.0 Å². The quantitative estimate of drug-likeness (QED) is 0.0629. The molecule has 0 spiro atoms. The Bertz CT molecular complexity index is 1650. The van der Waals surface area contributed by atoms with Crippen LogP contribution in [-0.2, 0) is 32.2 Å². The molecule has 1 heterocycles. The van der Waals surface area contributed by atoms with Gasteiger partial charge in [-0.05, 0) is 72.3 Å². The lowest BCUT2D eigenvalue weighted by Gasteiger charge is -2.39. The molecule has 0 bridgehead atoms. The second kappa shape index (κ2) is 17.9. The standard InChI is InChI=1S/C40H47N3O6/c1-28(31-11-4-3-5-12-31)43(2)26-36-24-37(32-20-18-29(27-44)19-21-32)49-40(48-36)35-15-9-14-34(23-35)33-13-8-10-30(22-33)25-41-38(45)16-6-7-17-39(46)42-47/h3-5,8-15,18-23,28,36-37,40,44,47H,6-7,16-17,24-27H2,1-2H3,(H,41,45)(H,42,46)/t28-,36+,37-,40-/m0/s1. The van der Waals surface area contributed by atoms with Gasteiger partial charge in [0, 0.05) is 44.0 Å². The average Bonchev–Trinajstić information content (AvgIpc) is 3.15. The predicted molar refractivity (Wildman–Crippen MR) is 188 cm³/mol. The van der Waals surface area contributed by atoms with E-state index in [0.29, 0.717) is 32.2 Å². The number of nitrogens with zero attached hydrogens (tertiary/aromatic N) is 1. The smallest absolute Gasteiger partial charge is 0.243 e. The third-order valence-electron chi connectivity index (χ3n) is 9.14. The second-order valence-electron chi connectivity index (χ2n) is 12.7. The first-order chi connectivity index (χ1) is 23.8. The van der Waals surface area contributed by atoms with Gasteiger partial charge in [0.2, 0.25) is 11.8 Å². The Morgan fingerprint density at radius 1 is 0.816 bits per heavy atom. The van der Waals surface area contributed by atoms with Crippen LogP contribution in [0.3, 0.4) is 0 Å². The van der Waals surface area contributed by atoms with Crippen molar-refractivity contribution in [2.24, 2.45) is 0 Å². The van der Waals surface area contributed by atoms with Gasteiger partial charge in [0.25, 0.3) is 0 Å². The number of hydrogen-bond donors (Lipinski definition) is 4. The summed E-state index contributed by atoms with van der Waals surface area (Å²) >= 11 is 0. The summed E-state index contributed by atoms with van der Waals surface area (Å²) in [6, 6.07) is 34.9. The number of unbranched alkanes of at least 4 members (excludes halogenated alkanes) is 1. The lowest BCUT2D eigenvalue weighted by molar-refractivity contribution is -0.253. The summed E-state index contributed by atoms with van der Waals surface area (Å²) in [5, 5.41) is 21.1.